The lowest BCUT2D eigenvalue weighted by atomic mass is 9.88. The number of Topliss-reactive ketones (excluding diaryl/α,β-unsaturated/α-hetero) is 1. The Hall–Kier alpha value is -3.75. The average molecular weight is 605 g/mol. The van der Waals surface area contributed by atoms with E-state index in [2.05, 4.69) is 49.2 Å². The number of hydrogen-bond acceptors (Lipinski definition) is 7. The summed E-state index contributed by atoms with van der Waals surface area (Å²) in [5.41, 5.74) is 5.90. The highest BCUT2D eigenvalue weighted by atomic mass is 19.2. The first-order valence-corrected chi connectivity index (χ1v) is 15.2. The van der Waals surface area contributed by atoms with E-state index in [4.69, 9.17) is 14.2 Å². The molecule has 1 heterocycles. The number of alkyl halides is 1. The van der Waals surface area contributed by atoms with Gasteiger partial charge in [0.2, 0.25) is 5.85 Å². The predicted octanol–water partition coefficient (Wildman–Crippen LogP) is 7.08. The molecule has 0 bridgehead atoms. The van der Waals surface area contributed by atoms with Crippen LogP contribution in [0.5, 0.6) is 5.75 Å². The molecule has 1 N–H and O–H groups in total. The third-order valence-electron chi connectivity index (χ3n) is 8.10. The Morgan fingerprint density at radius 2 is 1.61 bits per heavy atom. The first-order valence-electron chi connectivity index (χ1n) is 15.2. The van der Waals surface area contributed by atoms with Gasteiger partial charge in [-0.25, -0.2) is 4.79 Å². The second kappa shape index (κ2) is 14.4. The van der Waals surface area contributed by atoms with Crippen LogP contribution in [0.3, 0.4) is 0 Å². The molecule has 44 heavy (non-hydrogen) atoms. The molecule has 4 rings (SSSR count). The number of nitrogens with zero attached hydrogens (tertiary/aromatic N) is 1. The summed E-state index contributed by atoms with van der Waals surface area (Å²) in [5, 5.41) is 3.65. The maximum absolute atomic E-state index is 13.9. The van der Waals surface area contributed by atoms with Gasteiger partial charge in [0.25, 0.3) is 0 Å². The van der Waals surface area contributed by atoms with Gasteiger partial charge in [-0.2, -0.15) is 4.39 Å². The Bertz CT molecular complexity index is 1440. The molecule has 1 aliphatic rings. The number of methoxy groups -OCH3 is 1. The summed E-state index contributed by atoms with van der Waals surface area (Å²) in [6, 6.07) is 18.5. The Morgan fingerprint density at radius 1 is 0.932 bits per heavy atom. The summed E-state index contributed by atoms with van der Waals surface area (Å²) >= 11 is 0. The molecule has 0 radical (unpaired) electrons. The first-order chi connectivity index (χ1) is 20.8. The van der Waals surface area contributed by atoms with Gasteiger partial charge < -0.3 is 19.5 Å². The van der Waals surface area contributed by atoms with E-state index in [1.165, 1.54) is 30.5 Å². The van der Waals surface area contributed by atoms with Gasteiger partial charge in [-0.3, -0.25) is 9.69 Å². The molecule has 1 saturated heterocycles. The Balaban J connectivity index is 1.50. The van der Waals surface area contributed by atoms with Crippen molar-refractivity contribution < 1.29 is 28.2 Å². The summed E-state index contributed by atoms with van der Waals surface area (Å²) in [5.74, 6) is -1.97. The van der Waals surface area contributed by atoms with E-state index in [9.17, 15) is 14.0 Å². The van der Waals surface area contributed by atoms with Crippen molar-refractivity contribution in [2.45, 2.75) is 71.8 Å². The molecule has 0 aliphatic carbocycles. The van der Waals surface area contributed by atoms with Crippen LogP contribution in [0.2, 0.25) is 0 Å². The van der Waals surface area contributed by atoms with Crippen LogP contribution in [0, 0.1) is 13.8 Å². The number of piperidine rings is 1. The molecule has 0 spiro atoms. The van der Waals surface area contributed by atoms with Gasteiger partial charge in [0.05, 0.1) is 12.2 Å². The summed E-state index contributed by atoms with van der Waals surface area (Å²) < 4.78 is 29.5. The van der Waals surface area contributed by atoms with Crippen molar-refractivity contribution in [2.24, 2.45) is 0 Å². The highest BCUT2D eigenvalue weighted by Gasteiger charge is 2.31. The Morgan fingerprint density at radius 3 is 2.25 bits per heavy atom. The third kappa shape index (κ3) is 9.37. The highest BCUT2D eigenvalue weighted by Crippen LogP contribution is 2.31. The maximum atomic E-state index is 13.9. The minimum Gasteiger partial charge on any atom is -0.460 e. The Labute approximate surface area is 260 Å². The number of carbonyl (C=O) groups excluding carboxylic acids is 2. The molecular formula is C36H45FN2O5. The molecule has 0 atom stereocenters. The number of ketones is 1. The van der Waals surface area contributed by atoms with Crippen LogP contribution in [-0.2, 0) is 22.4 Å². The molecule has 0 amide bonds. The predicted molar refractivity (Wildman–Crippen MR) is 171 cm³/mol. The van der Waals surface area contributed by atoms with Gasteiger partial charge in [0.15, 0.2) is 5.78 Å². The monoisotopic (exact) mass is 604 g/mol. The molecule has 0 saturated carbocycles. The van der Waals surface area contributed by atoms with E-state index in [1.54, 1.807) is 49.6 Å². The smallest absolute Gasteiger partial charge is 0.338 e. The molecule has 0 aromatic heterocycles. The number of benzene rings is 3. The molecule has 7 nitrogen and oxygen atoms in total. The number of ether oxygens (including phenoxy) is 3. The van der Waals surface area contributed by atoms with Crippen LogP contribution in [0.1, 0.15) is 76.6 Å². The van der Waals surface area contributed by atoms with Crippen LogP contribution >= 0.6 is 0 Å². The fourth-order valence-electron chi connectivity index (χ4n) is 5.37. The van der Waals surface area contributed by atoms with Gasteiger partial charge in [0.1, 0.15) is 12.4 Å². The lowest BCUT2D eigenvalue weighted by Crippen LogP contribution is -2.47. The largest absolute Gasteiger partial charge is 0.460 e. The molecule has 1 fully saturated rings. The van der Waals surface area contributed by atoms with Crippen molar-refractivity contribution >= 4 is 17.4 Å². The van der Waals surface area contributed by atoms with E-state index in [0.29, 0.717) is 29.2 Å². The van der Waals surface area contributed by atoms with Gasteiger partial charge in [-0.1, -0.05) is 30.3 Å². The summed E-state index contributed by atoms with van der Waals surface area (Å²) in [6.45, 7) is 12.3. The Kier molecular flexibility index (Phi) is 10.8. The standard InChI is InChI=1S/C36H45FN2O5/c1-25-7-8-28(21-26(25)2)24-39-17-15-36(5,16-18-39)38-32-23-29(34(41)43-20-19-42-6)11-14-31(32)33(40)22-27-9-12-30(13-10-27)44-35(3,4)37/h7-14,21,23,38H,15-20,22,24H2,1-6H3. The van der Waals surface area contributed by atoms with Crippen molar-refractivity contribution in [3.05, 3.63) is 94.0 Å². The number of aryl methyl sites for hydroxylation is 2. The number of nitrogens with one attached hydrogen (secondary N) is 1. The van der Waals surface area contributed by atoms with Crippen molar-refractivity contribution in [1.82, 2.24) is 4.90 Å². The summed E-state index contributed by atoms with van der Waals surface area (Å²) in [7, 11) is 1.55. The van der Waals surface area contributed by atoms with E-state index in [0.717, 1.165) is 38.0 Å². The molecule has 3 aromatic carbocycles. The molecule has 3 aromatic rings. The van der Waals surface area contributed by atoms with Gasteiger partial charge in [-0.15, -0.1) is 0 Å². The SMILES string of the molecule is COCCOC(=O)c1ccc(C(=O)Cc2ccc(OC(C)(C)F)cc2)c(NC2(C)CCN(Cc3ccc(C)c(C)c3)CC2)c1. The zero-order chi connectivity index (χ0) is 31.9. The number of rotatable bonds is 13. The number of hydrogen-bond donors (Lipinski definition) is 1. The van der Waals surface area contributed by atoms with Gasteiger partial charge in [-0.05, 0) is 86.2 Å². The second-order valence-corrected chi connectivity index (χ2v) is 12.5. The number of anilines is 1. The summed E-state index contributed by atoms with van der Waals surface area (Å²) in [4.78, 5) is 28.9. The second-order valence-electron chi connectivity index (χ2n) is 12.5. The van der Waals surface area contributed by atoms with Crippen LogP contribution in [0.25, 0.3) is 0 Å². The van der Waals surface area contributed by atoms with Crippen LogP contribution < -0.4 is 10.1 Å². The normalized spacial score (nSPS) is 15.1. The van der Waals surface area contributed by atoms with Gasteiger partial charge in [0, 0.05) is 63.8 Å². The molecular weight excluding hydrogens is 559 g/mol. The number of esters is 1. The third-order valence-corrected chi connectivity index (χ3v) is 8.10. The number of carbonyl (C=O) groups is 2. The van der Waals surface area contributed by atoms with Crippen molar-refractivity contribution in [3.63, 3.8) is 0 Å². The van der Waals surface area contributed by atoms with E-state index in [-0.39, 0.29) is 24.3 Å². The minimum absolute atomic E-state index is 0.0953. The fraction of sp³-hybridized carbons (Fsp3) is 0.444. The maximum Gasteiger partial charge on any atom is 0.338 e. The molecule has 236 valence electrons. The lowest BCUT2D eigenvalue weighted by molar-refractivity contribution is -0.0257. The van der Waals surface area contributed by atoms with E-state index < -0.39 is 11.8 Å². The average Bonchev–Trinajstić information content (AvgIpc) is 2.96. The van der Waals surface area contributed by atoms with Crippen LogP contribution in [0.15, 0.2) is 60.7 Å². The zero-order valence-corrected chi connectivity index (χ0v) is 26.8. The number of likely N-dealkylation sites (tertiary alicyclic amines) is 1. The number of halogens is 1. The highest BCUT2D eigenvalue weighted by molar-refractivity contribution is 6.04. The minimum atomic E-state index is -1.80. The molecule has 0 unspecified atom stereocenters. The molecule has 8 heteroatoms. The van der Waals surface area contributed by atoms with Crippen molar-refractivity contribution in [2.75, 3.05) is 38.7 Å². The van der Waals surface area contributed by atoms with Crippen molar-refractivity contribution in [3.8, 4) is 5.75 Å². The molecule has 1 aliphatic heterocycles. The van der Waals surface area contributed by atoms with Crippen molar-refractivity contribution in [1.29, 1.82) is 0 Å². The van der Waals surface area contributed by atoms with Crippen LogP contribution in [0.4, 0.5) is 10.1 Å². The quantitative estimate of drug-likeness (QED) is 0.127. The van der Waals surface area contributed by atoms with E-state index >= 15 is 0 Å². The zero-order valence-electron chi connectivity index (χ0n) is 26.8. The first kappa shape index (κ1) is 33.1. The summed E-state index contributed by atoms with van der Waals surface area (Å²) in [6.07, 6.45) is 1.90. The topological polar surface area (TPSA) is 77.1 Å². The van der Waals surface area contributed by atoms with Crippen LogP contribution in [-0.4, -0.2) is 61.5 Å². The lowest BCUT2D eigenvalue weighted by Gasteiger charge is -2.41. The van der Waals surface area contributed by atoms with E-state index in [1.807, 2.05) is 0 Å². The van der Waals surface area contributed by atoms with Gasteiger partial charge >= 0.3 is 5.97 Å². The fourth-order valence-corrected chi connectivity index (χ4v) is 5.37.